The van der Waals surface area contributed by atoms with Crippen molar-refractivity contribution in [2.24, 2.45) is 0 Å². The third-order valence-corrected chi connectivity index (χ3v) is 5.32. The van der Waals surface area contributed by atoms with E-state index >= 15 is 0 Å². The summed E-state index contributed by atoms with van der Waals surface area (Å²) >= 11 is 9.90. The molecule has 0 spiro atoms. The Bertz CT molecular complexity index is 875. The van der Waals surface area contributed by atoms with Gasteiger partial charge in [-0.1, -0.05) is 43.6 Å². The van der Waals surface area contributed by atoms with Crippen LogP contribution in [-0.2, 0) is 0 Å². The second-order valence-electron chi connectivity index (χ2n) is 6.04. The van der Waals surface area contributed by atoms with Gasteiger partial charge in [0.05, 0.1) is 16.4 Å². The van der Waals surface area contributed by atoms with E-state index in [1.165, 1.54) is 0 Å². The molecule has 0 saturated carbocycles. The summed E-state index contributed by atoms with van der Waals surface area (Å²) in [6.45, 7) is 8.50. The number of aromatic nitrogens is 3. The summed E-state index contributed by atoms with van der Waals surface area (Å²) in [5, 5.41) is 8.61. The first kappa shape index (κ1) is 19.1. The second kappa shape index (κ2) is 8.84. The zero-order valence-corrected chi connectivity index (χ0v) is 17.4. The number of rotatable bonds is 8. The van der Waals surface area contributed by atoms with E-state index in [0.717, 1.165) is 59.8 Å². The number of hydrogen-bond donors (Lipinski definition) is 1. The number of hydrogen-bond acceptors (Lipinski definition) is 4. The molecule has 0 atom stereocenters. The zero-order valence-electron chi connectivity index (χ0n) is 15.0. The summed E-state index contributed by atoms with van der Waals surface area (Å²) in [5.74, 6) is 0.912. The quantitative estimate of drug-likeness (QED) is 0.507. The number of benzene rings is 1. The molecule has 0 amide bonds. The fourth-order valence-electron chi connectivity index (χ4n) is 2.93. The Morgan fingerprint density at radius 1 is 1.23 bits per heavy atom. The first-order chi connectivity index (χ1) is 12.6. The SMILES string of the molecule is CCN(CC)CCCNc1cc(-c2ccccc2Cl)nc2c(Br)cnn12. The minimum atomic E-state index is 0.687. The van der Waals surface area contributed by atoms with Crippen LogP contribution in [0.5, 0.6) is 0 Å². The van der Waals surface area contributed by atoms with Gasteiger partial charge in [-0.2, -0.15) is 9.61 Å². The average molecular weight is 437 g/mol. The van der Waals surface area contributed by atoms with Gasteiger partial charge in [0.15, 0.2) is 5.65 Å². The lowest BCUT2D eigenvalue weighted by molar-refractivity contribution is 0.303. The molecule has 3 rings (SSSR count). The van der Waals surface area contributed by atoms with Gasteiger partial charge in [0.2, 0.25) is 0 Å². The molecule has 2 aromatic heterocycles. The highest BCUT2D eigenvalue weighted by atomic mass is 79.9. The standard InChI is InChI=1S/C19H23BrClN5/c1-3-25(4-2)11-7-10-22-18-12-17(14-8-5-6-9-16(14)21)24-19-15(20)13-23-26(18)19/h5-6,8-9,12-13,22H,3-4,7,10-11H2,1-2H3. The highest BCUT2D eigenvalue weighted by Crippen LogP contribution is 2.30. The van der Waals surface area contributed by atoms with Crippen LogP contribution >= 0.6 is 27.5 Å². The van der Waals surface area contributed by atoms with Gasteiger partial charge in [-0.25, -0.2) is 4.98 Å². The highest BCUT2D eigenvalue weighted by molar-refractivity contribution is 9.10. The van der Waals surface area contributed by atoms with Crippen LogP contribution in [0.15, 0.2) is 41.0 Å². The summed E-state index contributed by atoms with van der Waals surface area (Å²) < 4.78 is 2.68. The van der Waals surface area contributed by atoms with Crippen molar-refractivity contribution >= 4 is 39.0 Å². The smallest absolute Gasteiger partial charge is 0.172 e. The fraction of sp³-hybridized carbons (Fsp3) is 0.368. The molecule has 1 N–H and O–H groups in total. The van der Waals surface area contributed by atoms with Gasteiger partial charge in [0.1, 0.15) is 5.82 Å². The Morgan fingerprint density at radius 2 is 2.00 bits per heavy atom. The third-order valence-electron chi connectivity index (χ3n) is 4.43. The van der Waals surface area contributed by atoms with Crippen LogP contribution in [-0.4, -0.2) is 45.7 Å². The van der Waals surface area contributed by atoms with E-state index in [-0.39, 0.29) is 0 Å². The lowest BCUT2D eigenvalue weighted by Crippen LogP contribution is -2.25. The Balaban J connectivity index is 1.86. The van der Waals surface area contributed by atoms with Crippen LogP contribution in [0.4, 0.5) is 5.82 Å². The predicted octanol–water partition coefficient (Wildman–Crippen LogP) is 4.96. The minimum absolute atomic E-state index is 0.687. The summed E-state index contributed by atoms with van der Waals surface area (Å²) in [5.41, 5.74) is 2.51. The number of nitrogens with zero attached hydrogens (tertiary/aromatic N) is 4. The predicted molar refractivity (Wildman–Crippen MR) is 112 cm³/mol. The van der Waals surface area contributed by atoms with Crippen LogP contribution in [0.3, 0.4) is 0 Å². The van der Waals surface area contributed by atoms with Crippen molar-refractivity contribution in [2.45, 2.75) is 20.3 Å². The molecule has 2 heterocycles. The summed E-state index contributed by atoms with van der Waals surface area (Å²) in [4.78, 5) is 7.15. The Hall–Kier alpha value is -1.63. The lowest BCUT2D eigenvalue weighted by atomic mass is 10.1. The Labute approximate surface area is 167 Å². The topological polar surface area (TPSA) is 45.5 Å². The van der Waals surface area contributed by atoms with Gasteiger partial charge in [-0.3, -0.25) is 0 Å². The molecule has 7 heteroatoms. The largest absolute Gasteiger partial charge is 0.370 e. The maximum atomic E-state index is 6.37. The van der Waals surface area contributed by atoms with Crippen molar-refractivity contribution in [2.75, 3.05) is 31.5 Å². The molecule has 5 nitrogen and oxygen atoms in total. The molecule has 0 unspecified atom stereocenters. The molecule has 138 valence electrons. The second-order valence-corrected chi connectivity index (χ2v) is 7.30. The molecule has 0 radical (unpaired) electrons. The highest BCUT2D eigenvalue weighted by Gasteiger charge is 2.13. The van der Waals surface area contributed by atoms with E-state index in [2.05, 4.69) is 45.1 Å². The molecule has 0 aliphatic rings. The molecular weight excluding hydrogens is 414 g/mol. The Kier molecular flexibility index (Phi) is 6.51. The van der Waals surface area contributed by atoms with Gasteiger partial charge < -0.3 is 10.2 Å². The zero-order chi connectivity index (χ0) is 18.5. The first-order valence-corrected chi connectivity index (χ1v) is 10.1. The van der Waals surface area contributed by atoms with Crippen LogP contribution < -0.4 is 5.32 Å². The van der Waals surface area contributed by atoms with Crippen molar-refractivity contribution in [1.82, 2.24) is 19.5 Å². The van der Waals surface area contributed by atoms with E-state index in [1.54, 1.807) is 6.20 Å². The molecule has 1 aromatic carbocycles. The van der Waals surface area contributed by atoms with Crippen molar-refractivity contribution in [3.63, 3.8) is 0 Å². The molecule has 0 saturated heterocycles. The summed E-state index contributed by atoms with van der Waals surface area (Å²) in [6, 6.07) is 9.76. The molecular formula is C19H23BrClN5. The monoisotopic (exact) mass is 435 g/mol. The molecule has 26 heavy (non-hydrogen) atoms. The van der Waals surface area contributed by atoms with E-state index in [4.69, 9.17) is 16.6 Å². The maximum Gasteiger partial charge on any atom is 0.172 e. The van der Waals surface area contributed by atoms with E-state index in [9.17, 15) is 0 Å². The molecule has 3 aromatic rings. The molecule has 0 fully saturated rings. The normalized spacial score (nSPS) is 11.4. The fourth-order valence-corrected chi connectivity index (χ4v) is 3.51. The van der Waals surface area contributed by atoms with Crippen molar-refractivity contribution in [3.05, 3.63) is 46.0 Å². The molecule has 0 aliphatic carbocycles. The van der Waals surface area contributed by atoms with Crippen molar-refractivity contribution < 1.29 is 0 Å². The van der Waals surface area contributed by atoms with Gasteiger partial charge >= 0.3 is 0 Å². The van der Waals surface area contributed by atoms with Gasteiger partial charge in [-0.05, 0) is 48.1 Å². The number of fused-ring (bicyclic) bond motifs is 1. The lowest BCUT2D eigenvalue weighted by Gasteiger charge is -2.18. The number of halogens is 2. The molecule has 0 bridgehead atoms. The summed E-state index contributed by atoms with van der Waals surface area (Å²) in [7, 11) is 0. The number of anilines is 1. The third kappa shape index (κ3) is 4.19. The number of nitrogens with one attached hydrogen (secondary N) is 1. The summed E-state index contributed by atoms with van der Waals surface area (Å²) in [6.07, 6.45) is 2.83. The maximum absolute atomic E-state index is 6.37. The average Bonchev–Trinajstić information content (AvgIpc) is 3.03. The van der Waals surface area contributed by atoms with Gasteiger partial charge in [0, 0.05) is 23.2 Å². The van der Waals surface area contributed by atoms with Gasteiger partial charge in [0.25, 0.3) is 0 Å². The van der Waals surface area contributed by atoms with Crippen molar-refractivity contribution in [3.8, 4) is 11.3 Å². The van der Waals surface area contributed by atoms with E-state index in [1.807, 2.05) is 34.8 Å². The minimum Gasteiger partial charge on any atom is -0.370 e. The van der Waals surface area contributed by atoms with Crippen LogP contribution in [0, 0.1) is 0 Å². The van der Waals surface area contributed by atoms with E-state index in [0.29, 0.717) is 5.02 Å². The van der Waals surface area contributed by atoms with E-state index < -0.39 is 0 Å². The van der Waals surface area contributed by atoms with Crippen molar-refractivity contribution in [1.29, 1.82) is 0 Å². The Morgan fingerprint density at radius 3 is 2.73 bits per heavy atom. The van der Waals surface area contributed by atoms with Crippen LogP contribution in [0.25, 0.3) is 16.9 Å². The van der Waals surface area contributed by atoms with Crippen LogP contribution in [0.2, 0.25) is 5.02 Å². The van der Waals surface area contributed by atoms with Crippen LogP contribution in [0.1, 0.15) is 20.3 Å². The first-order valence-electron chi connectivity index (χ1n) is 8.89. The molecule has 0 aliphatic heterocycles. The van der Waals surface area contributed by atoms with Gasteiger partial charge in [-0.15, -0.1) is 0 Å².